The van der Waals surface area contributed by atoms with Gasteiger partial charge in [0, 0.05) is 35.0 Å². The second-order valence-electron chi connectivity index (χ2n) is 6.19. The molecule has 1 aliphatic heterocycles. The molecular formula is C19H14N2O2. The van der Waals surface area contributed by atoms with Crippen LogP contribution in [0.5, 0.6) is 0 Å². The van der Waals surface area contributed by atoms with Gasteiger partial charge in [-0.3, -0.25) is 10.1 Å². The third kappa shape index (κ3) is 1.60. The van der Waals surface area contributed by atoms with Gasteiger partial charge >= 0.3 is 0 Å². The highest BCUT2D eigenvalue weighted by molar-refractivity contribution is 6.22. The molecule has 2 heterocycles. The third-order valence-electron chi connectivity index (χ3n) is 4.95. The van der Waals surface area contributed by atoms with Crippen LogP contribution in [0.25, 0.3) is 32.6 Å². The van der Waals surface area contributed by atoms with E-state index in [9.17, 15) is 10.1 Å². The standard InChI is InChI=1S/C19H14N2O2/c22-21(23)14-8-7-12-10-13-4-3-9-20-17-6-2-1-5-15(17)18(19(13)20)16(12)11-14/h1-2,5-8,10-11H,3-4,9H2. The molecule has 0 fully saturated rings. The predicted octanol–water partition coefficient (Wildman–Crippen LogP) is 4.80. The molecule has 0 atom stereocenters. The zero-order chi connectivity index (χ0) is 15.6. The molecule has 0 N–H and O–H groups in total. The Morgan fingerprint density at radius 3 is 2.78 bits per heavy atom. The summed E-state index contributed by atoms with van der Waals surface area (Å²) in [6.07, 6.45) is 2.21. The third-order valence-corrected chi connectivity index (χ3v) is 4.95. The monoisotopic (exact) mass is 302 g/mol. The minimum absolute atomic E-state index is 0.153. The average Bonchev–Trinajstić information content (AvgIpc) is 2.92. The van der Waals surface area contributed by atoms with Crippen LogP contribution in [0, 0.1) is 10.1 Å². The maximum Gasteiger partial charge on any atom is 0.270 e. The van der Waals surface area contributed by atoms with Gasteiger partial charge in [-0.05, 0) is 47.4 Å². The van der Waals surface area contributed by atoms with Crippen LogP contribution >= 0.6 is 0 Å². The van der Waals surface area contributed by atoms with Crippen molar-refractivity contribution in [2.75, 3.05) is 0 Å². The van der Waals surface area contributed by atoms with Crippen molar-refractivity contribution in [1.29, 1.82) is 0 Å². The van der Waals surface area contributed by atoms with Crippen molar-refractivity contribution in [3.05, 3.63) is 64.2 Å². The van der Waals surface area contributed by atoms with Crippen molar-refractivity contribution in [2.45, 2.75) is 19.4 Å². The molecule has 0 aliphatic carbocycles. The molecule has 1 aliphatic rings. The highest BCUT2D eigenvalue weighted by Gasteiger charge is 2.20. The smallest absolute Gasteiger partial charge is 0.270 e. The van der Waals surface area contributed by atoms with Gasteiger partial charge in [0.2, 0.25) is 0 Å². The van der Waals surface area contributed by atoms with Crippen LogP contribution in [0.2, 0.25) is 0 Å². The summed E-state index contributed by atoms with van der Waals surface area (Å²) in [5.74, 6) is 0. The van der Waals surface area contributed by atoms with Crippen molar-refractivity contribution < 1.29 is 4.92 Å². The summed E-state index contributed by atoms with van der Waals surface area (Å²) in [6, 6.07) is 15.8. The van der Waals surface area contributed by atoms with Crippen LogP contribution in [0.1, 0.15) is 12.0 Å². The van der Waals surface area contributed by atoms with Gasteiger partial charge in [-0.2, -0.15) is 0 Å². The first-order chi connectivity index (χ1) is 11.2. The van der Waals surface area contributed by atoms with Gasteiger partial charge in [-0.1, -0.05) is 18.2 Å². The number of non-ortho nitro benzene ring substituents is 1. The lowest BCUT2D eigenvalue weighted by Crippen LogP contribution is -2.07. The van der Waals surface area contributed by atoms with E-state index in [0.29, 0.717) is 0 Å². The number of rotatable bonds is 1. The molecule has 0 bridgehead atoms. The zero-order valence-electron chi connectivity index (χ0n) is 12.5. The lowest BCUT2D eigenvalue weighted by Gasteiger charge is -2.17. The number of aryl methyl sites for hydroxylation is 2. The summed E-state index contributed by atoms with van der Waals surface area (Å²) in [4.78, 5) is 10.9. The Balaban J connectivity index is 2.08. The maximum atomic E-state index is 11.2. The second kappa shape index (κ2) is 4.32. The SMILES string of the molecule is O=[N+]([O-])c1ccc2cc3c4c(c2c1)c1ccccc1n4CCC3. The molecule has 0 saturated carbocycles. The first kappa shape index (κ1) is 12.6. The molecule has 4 nitrogen and oxygen atoms in total. The highest BCUT2D eigenvalue weighted by atomic mass is 16.6. The number of fused-ring (bicyclic) bond motifs is 5. The Labute approximate surface area is 132 Å². The predicted molar refractivity (Wildman–Crippen MR) is 91.9 cm³/mol. The first-order valence-corrected chi connectivity index (χ1v) is 7.85. The summed E-state index contributed by atoms with van der Waals surface area (Å²) in [6.45, 7) is 1.01. The van der Waals surface area contributed by atoms with Crippen LogP contribution in [0.15, 0.2) is 48.5 Å². The summed E-state index contributed by atoms with van der Waals surface area (Å²) in [7, 11) is 0. The first-order valence-electron chi connectivity index (χ1n) is 7.85. The van der Waals surface area contributed by atoms with Crippen molar-refractivity contribution in [3.8, 4) is 0 Å². The van der Waals surface area contributed by atoms with Crippen molar-refractivity contribution in [1.82, 2.24) is 4.57 Å². The molecule has 4 aromatic rings. The molecule has 1 aromatic heterocycles. The van der Waals surface area contributed by atoms with Gasteiger partial charge in [0.05, 0.1) is 10.4 Å². The molecular weight excluding hydrogens is 288 g/mol. The van der Waals surface area contributed by atoms with E-state index >= 15 is 0 Å². The molecule has 0 unspecified atom stereocenters. The number of hydrogen-bond acceptors (Lipinski definition) is 2. The molecule has 0 spiro atoms. The zero-order valence-corrected chi connectivity index (χ0v) is 12.5. The van der Waals surface area contributed by atoms with Gasteiger partial charge in [-0.25, -0.2) is 0 Å². The van der Waals surface area contributed by atoms with E-state index in [-0.39, 0.29) is 10.6 Å². The molecule has 3 aromatic carbocycles. The molecule has 5 rings (SSSR count). The second-order valence-corrected chi connectivity index (χ2v) is 6.19. The lowest BCUT2D eigenvalue weighted by molar-refractivity contribution is -0.384. The highest BCUT2D eigenvalue weighted by Crippen LogP contribution is 2.40. The Hall–Kier alpha value is -2.88. The van der Waals surface area contributed by atoms with Crippen molar-refractivity contribution >= 4 is 38.3 Å². The molecule has 0 radical (unpaired) electrons. The topological polar surface area (TPSA) is 48.1 Å². The fraction of sp³-hybridized carbons (Fsp3) is 0.158. The van der Waals surface area contributed by atoms with Gasteiger partial charge in [-0.15, -0.1) is 0 Å². The number of benzene rings is 3. The van der Waals surface area contributed by atoms with Crippen molar-refractivity contribution in [2.24, 2.45) is 0 Å². The summed E-state index contributed by atoms with van der Waals surface area (Å²) >= 11 is 0. The summed E-state index contributed by atoms with van der Waals surface area (Å²) in [5, 5.41) is 15.6. The van der Waals surface area contributed by atoms with E-state index < -0.39 is 0 Å². The van der Waals surface area contributed by atoms with Crippen LogP contribution in [0.4, 0.5) is 5.69 Å². The largest absolute Gasteiger partial charge is 0.340 e. The Morgan fingerprint density at radius 1 is 1.04 bits per heavy atom. The van der Waals surface area contributed by atoms with Gasteiger partial charge < -0.3 is 4.57 Å². The molecule has 4 heteroatoms. The van der Waals surface area contributed by atoms with E-state index in [1.165, 1.54) is 22.0 Å². The molecule has 112 valence electrons. The van der Waals surface area contributed by atoms with E-state index in [1.54, 1.807) is 12.1 Å². The van der Waals surface area contributed by atoms with Crippen LogP contribution in [0.3, 0.4) is 0 Å². The van der Waals surface area contributed by atoms with E-state index in [0.717, 1.165) is 35.5 Å². The molecule has 0 saturated heterocycles. The number of para-hydroxylation sites is 1. The van der Waals surface area contributed by atoms with Gasteiger partial charge in [0.25, 0.3) is 5.69 Å². The normalized spacial score (nSPS) is 13.9. The van der Waals surface area contributed by atoms with Crippen molar-refractivity contribution in [3.63, 3.8) is 0 Å². The fourth-order valence-electron chi connectivity index (χ4n) is 4.02. The van der Waals surface area contributed by atoms with E-state index in [1.807, 2.05) is 12.1 Å². The Bertz CT molecular complexity index is 1120. The summed E-state index contributed by atoms with van der Waals surface area (Å²) < 4.78 is 2.38. The minimum Gasteiger partial charge on any atom is -0.340 e. The quantitative estimate of drug-likeness (QED) is 0.374. The van der Waals surface area contributed by atoms with Crippen LogP contribution in [-0.2, 0) is 13.0 Å². The fourth-order valence-corrected chi connectivity index (χ4v) is 4.02. The Kier molecular flexibility index (Phi) is 2.37. The molecule has 23 heavy (non-hydrogen) atoms. The number of aromatic nitrogens is 1. The van der Waals surface area contributed by atoms with Gasteiger partial charge in [0.1, 0.15) is 0 Å². The van der Waals surface area contributed by atoms with E-state index in [2.05, 4.69) is 28.8 Å². The number of hydrogen-bond donors (Lipinski definition) is 0. The summed E-state index contributed by atoms with van der Waals surface area (Å²) in [5.41, 5.74) is 3.98. The number of nitrogens with zero attached hydrogens (tertiary/aromatic N) is 2. The minimum atomic E-state index is -0.315. The van der Waals surface area contributed by atoms with Gasteiger partial charge in [0.15, 0.2) is 0 Å². The molecule has 0 amide bonds. The maximum absolute atomic E-state index is 11.2. The Morgan fingerprint density at radius 2 is 1.91 bits per heavy atom. The van der Waals surface area contributed by atoms with Crippen LogP contribution < -0.4 is 0 Å². The number of nitro benzene ring substituents is 1. The van der Waals surface area contributed by atoms with E-state index in [4.69, 9.17) is 0 Å². The van der Waals surface area contributed by atoms with Crippen LogP contribution in [-0.4, -0.2) is 9.49 Å². The number of nitro groups is 1. The average molecular weight is 302 g/mol. The lowest BCUT2D eigenvalue weighted by atomic mass is 9.96.